The molecule has 1 aromatic carbocycles. The Kier molecular flexibility index (Phi) is 2.23. The van der Waals surface area contributed by atoms with Crippen LogP contribution in [0.3, 0.4) is 0 Å². The molecule has 88 valence electrons. The number of pyridine rings is 1. The standard InChI is InChI=1S/C15H17NO/c1-10(2)12-4-3-11-5-8-16-14(13(11)9-12)15(17)6-7-15/h3-5,8-10,17H,6-7H2,1-2H3. The van der Waals surface area contributed by atoms with E-state index >= 15 is 0 Å². The molecule has 0 aliphatic heterocycles. The van der Waals surface area contributed by atoms with Crippen LogP contribution in [0.5, 0.6) is 0 Å². The number of nitrogens with zero attached hydrogens (tertiary/aromatic N) is 1. The molecule has 0 bridgehead atoms. The average molecular weight is 227 g/mol. The van der Waals surface area contributed by atoms with E-state index in [0.29, 0.717) is 5.92 Å². The molecule has 0 amide bonds. The Morgan fingerprint density at radius 1 is 1.24 bits per heavy atom. The summed E-state index contributed by atoms with van der Waals surface area (Å²) in [6.07, 6.45) is 3.47. The van der Waals surface area contributed by atoms with E-state index < -0.39 is 5.60 Å². The lowest BCUT2D eigenvalue weighted by Crippen LogP contribution is -2.07. The molecule has 1 aliphatic rings. The number of aromatic nitrogens is 1. The normalized spacial score (nSPS) is 17.6. The molecule has 0 spiro atoms. The highest BCUT2D eigenvalue weighted by molar-refractivity contribution is 5.86. The molecule has 0 atom stereocenters. The Morgan fingerprint density at radius 2 is 2.00 bits per heavy atom. The van der Waals surface area contributed by atoms with Gasteiger partial charge in [-0.05, 0) is 41.8 Å². The smallest absolute Gasteiger partial charge is 0.107 e. The number of aliphatic hydroxyl groups is 1. The van der Waals surface area contributed by atoms with Crippen molar-refractivity contribution in [2.24, 2.45) is 0 Å². The quantitative estimate of drug-likeness (QED) is 0.853. The van der Waals surface area contributed by atoms with Crippen LogP contribution >= 0.6 is 0 Å². The van der Waals surface area contributed by atoms with Gasteiger partial charge in [0.1, 0.15) is 5.60 Å². The van der Waals surface area contributed by atoms with Crippen LogP contribution in [0.2, 0.25) is 0 Å². The molecule has 1 aliphatic carbocycles. The lowest BCUT2D eigenvalue weighted by atomic mass is 9.97. The second kappa shape index (κ2) is 3.54. The lowest BCUT2D eigenvalue weighted by Gasteiger charge is -2.13. The molecule has 2 aromatic rings. The highest BCUT2D eigenvalue weighted by Gasteiger charge is 2.44. The third-order valence-electron chi connectivity index (χ3n) is 3.62. The minimum atomic E-state index is -0.658. The molecule has 1 heterocycles. The van der Waals surface area contributed by atoms with E-state index in [-0.39, 0.29) is 0 Å². The van der Waals surface area contributed by atoms with E-state index in [0.717, 1.165) is 23.9 Å². The van der Waals surface area contributed by atoms with Gasteiger partial charge in [-0.1, -0.05) is 26.0 Å². The Bertz CT molecular complexity index is 570. The van der Waals surface area contributed by atoms with Gasteiger partial charge in [-0.3, -0.25) is 4.98 Å². The first-order chi connectivity index (χ1) is 8.10. The first kappa shape index (κ1) is 10.7. The number of fused-ring (bicyclic) bond motifs is 1. The summed E-state index contributed by atoms with van der Waals surface area (Å²) in [6.45, 7) is 4.37. The van der Waals surface area contributed by atoms with Crippen LogP contribution in [-0.4, -0.2) is 10.1 Å². The topological polar surface area (TPSA) is 33.1 Å². The van der Waals surface area contributed by atoms with Crippen molar-refractivity contribution in [2.75, 3.05) is 0 Å². The maximum absolute atomic E-state index is 10.3. The fourth-order valence-corrected chi connectivity index (χ4v) is 2.27. The summed E-state index contributed by atoms with van der Waals surface area (Å²) in [5.74, 6) is 0.501. The predicted molar refractivity (Wildman–Crippen MR) is 69.0 cm³/mol. The maximum atomic E-state index is 10.3. The molecule has 2 heteroatoms. The summed E-state index contributed by atoms with van der Waals surface area (Å²) in [6, 6.07) is 8.47. The first-order valence-electron chi connectivity index (χ1n) is 6.22. The van der Waals surface area contributed by atoms with Gasteiger partial charge in [0.25, 0.3) is 0 Å². The van der Waals surface area contributed by atoms with E-state index in [1.807, 2.05) is 6.07 Å². The van der Waals surface area contributed by atoms with Crippen molar-refractivity contribution in [3.05, 3.63) is 41.7 Å². The zero-order valence-corrected chi connectivity index (χ0v) is 10.3. The SMILES string of the molecule is CC(C)c1ccc2ccnc(C3(O)CC3)c2c1. The highest BCUT2D eigenvalue weighted by Crippen LogP contribution is 2.46. The Hall–Kier alpha value is -1.41. The molecule has 3 rings (SSSR count). The van der Waals surface area contributed by atoms with Crippen molar-refractivity contribution >= 4 is 10.8 Å². The molecule has 1 fully saturated rings. The third-order valence-corrected chi connectivity index (χ3v) is 3.62. The van der Waals surface area contributed by atoms with Gasteiger partial charge < -0.3 is 5.11 Å². The second-order valence-electron chi connectivity index (χ2n) is 5.33. The van der Waals surface area contributed by atoms with E-state index in [9.17, 15) is 5.11 Å². The van der Waals surface area contributed by atoms with E-state index in [1.165, 1.54) is 10.9 Å². The molecule has 0 radical (unpaired) electrons. The summed E-state index contributed by atoms with van der Waals surface area (Å²) < 4.78 is 0. The molecule has 0 unspecified atom stereocenters. The van der Waals surface area contributed by atoms with Crippen LogP contribution < -0.4 is 0 Å². The van der Waals surface area contributed by atoms with Crippen LogP contribution in [0.25, 0.3) is 10.8 Å². The maximum Gasteiger partial charge on any atom is 0.107 e. The molecule has 0 saturated heterocycles. The van der Waals surface area contributed by atoms with Gasteiger partial charge in [0.05, 0.1) is 5.69 Å². The molecular weight excluding hydrogens is 210 g/mol. The zero-order chi connectivity index (χ0) is 12.0. The van der Waals surface area contributed by atoms with Crippen LogP contribution in [0.1, 0.15) is 43.9 Å². The minimum absolute atomic E-state index is 0.501. The van der Waals surface area contributed by atoms with E-state index in [2.05, 4.69) is 37.0 Å². The van der Waals surface area contributed by atoms with Crippen molar-refractivity contribution in [3.63, 3.8) is 0 Å². The Balaban J connectivity index is 2.25. The van der Waals surface area contributed by atoms with Gasteiger partial charge in [-0.15, -0.1) is 0 Å². The summed E-state index contributed by atoms with van der Waals surface area (Å²) in [5, 5.41) is 12.5. The lowest BCUT2D eigenvalue weighted by molar-refractivity contribution is 0.148. The number of hydrogen-bond donors (Lipinski definition) is 1. The van der Waals surface area contributed by atoms with Crippen LogP contribution in [0.15, 0.2) is 30.5 Å². The van der Waals surface area contributed by atoms with Gasteiger partial charge in [0.2, 0.25) is 0 Å². The Labute approximate surface area is 101 Å². The van der Waals surface area contributed by atoms with Gasteiger partial charge in [0, 0.05) is 11.6 Å². The molecule has 1 N–H and O–H groups in total. The average Bonchev–Trinajstić information content (AvgIpc) is 3.07. The van der Waals surface area contributed by atoms with Crippen LogP contribution in [0, 0.1) is 0 Å². The van der Waals surface area contributed by atoms with Gasteiger partial charge in [-0.25, -0.2) is 0 Å². The zero-order valence-electron chi connectivity index (χ0n) is 10.3. The molecule has 17 heavy (non-hydrogen) atoms. The van der Waals surface area contributed by atoms with Crippen molar-refractivity contribution in [1.29, 1.82) is 0 Å². The molecule has 2 nitrogen and oxygen atoms in total. The molecule has 1 aromatic heterocycles. The second-order valence-corrected chi connectivity index (χ2v) is 5.33. The van der Waals surface area contributed by atoms with Crippen LogP contribution in [-0.2, 0) is 5.60 Å². The number of benzene rings is 1. The van der Waals surface area contributed by atoms with Crippen molar-refractivity contribution in [2.45, 2.75) is 38.2 Å². The minimum Gasteiger partial charge on any atom is -0.384 e. The van der Waals surface area contributed by atoms with Gasteiger partial charge in [0.15, 0.2) is 0 Å². The first-order valence-corrected chi connectivity index (χ1v) is 6.22. The monoisotopic (exact) mass is 227 g/mol. The highest BCUT2D eigenvalue weighted by atomic mass is 16.3. The summed E-state index contributed by atoms with van der Waals surface area (Å²) in [7, 11) is 0. The number of rotatable bonds is 2. The fourth-order valence-electron chi connectivity index (χ4n) is 2.27. The predicted octanol–water partition coefficient (Wildman–Crippen LogP) is 3.34. The van der Waals surface area contributed by atoms with Crippen molar-refractivity contribution < 1.29 is 5.11 Å². The summed E-state index contributed by atoms with van der Waals surface area (Å²) in [4.78, 5) is 4.39. The Morgan fingerprint density at radius 3 is 2.65 bits per heavy atom. The van der Waals surface area contributed by atoms with Gasteiger partial charge in [-0.2, -0.15) is 0 Å². The molecule has 1 saturated carbocycles. The van der Waals surface area contributed by atoms with Gasteiger partial charge >= 0.3 is 0 Å². The third kappa shape index (κ3) is 1.73. The number of hydrogen-bond acceptors (Lipinski definition) is 2. The summed E-state index contributed by atoms with van der Waals surface area (Å²) in [5.41, 5.74) is 1.50. The van der Waals surface area contributed by atoms with E-state index in [1.54, 1.807) is 6.20 Å². The fraction of sp³-hybridized carbons (Fsp3) is 0.400. The van der Waals surface area contributed by atoms with Crippen LogP contribution in [0.4, 0.5) is 0 Å². The van der Waals surface area contributed by atoms with Crippen molar-refractivity contribution in [1.82, 2.24) is 4.98 Å². The largest absolute Gasteiger partial charge is 0.384 e. The molecular formula is C15H17NO. The summed E-state index contributed by atoms with van der Waals surface area (Å²) >= 11 is 0. The van der Waals surface area contributed by atoms with Crippen molar-refractivity contribution in [3.8, 4) is 0 Å². The van der Waals surface area contributed by atoms with E-state index in [4.69, 9.17) is 0 Å².